The number of ether oxygens (including phenoxy) is 1. The fraction of sp³-hybridized carbons (Fsp3) is 0.682. The number of carbonyl (C=O) groups excluding carboxylic acids is 2. The first-order chi connectivity index (χ1) is 16.2. The van der Waals surface area contributed by atoms with Crippen LogP contribution in [-0.4, -0.2) is 85.9 Å². The molecule has 1 aliphatic heterocycles. The van der Waals surface area contributed by atoms with Crippen molar-refractivity contribution in [3.05, 3.63) is 23.3 Å². The molecule has 0 unspecified atom stereocenters. The van der Waals surface area contributed by atoms with Gasteiger partial charge in [0.15, 0.2) is 5.76 Å². The monoisotopic (exact) mass is 477 g/mol. The zero-order chi connectivity index (χ0) is 24.8. The van der Waals surface area contributed by atoms with Gasteiger partial charge in [-0.1, -0.05) is 17.3 Å². The highest BCUT2D eigenvalue weighted by Crippen LogP contribution is 2.20. The van der Waals surface area contributed by atoms with Crippen molar-refractivity contribution >= 4 is 17.6 Å². The normalized spacial score (nSPS) is 20.8. The molecule has 0 saturated heterocycles. The SMILES string of the molecule is Cc1noc(C)c1NC(=O)N(C)C[C@H]1OCc2cn(nn2)CCCC(=O)N([C@@H](C)CO)C[C@H]1C. The van der Waals surface area contributed by atoms with Gasteiger partial charge >= 0.3 is 6.03 Å². The number of aliphatic hydroxyl groups is 1. The molecule has 0 saturated carbocycles. The van der Waals surface area contributed by atoms with E-state index in [0.717, 1.165) is 0 Å². The van der Waals surface area contributed by atoms with Crippen molar-refractivity contribution in [3.63, 3.8) is 0 Å². The first-order valence-electron chi connectivity index (χ1n) is 11.6. The summed E-state index contributed by atoms with van der Waals surface area (Å²) >= 11 is 0. The molecule has 1 aliphatic rings. The minimum atomic E-state index is -0.396. The maximum Gasteiger partial charge on any atom is 0.321 e. The summed E-state index contributed by atoms with van der Waals surface area (Å²) in [6.07, 6.45) is 2.39. The van der Waals surface area contributed by atoms with Crippen LogP contribution in [0.2, 0.25) is 0 Å². The number of urea groups is 1. The Hall–Kier alpha value is -2.99. The van der Waals surface area contributed by atoms with Gasteiger partial charge in [-0.05, 0) is 27.2 Å². The summed E-state index contributed by atoms with van der Waals surface area (Å²) < 4.78 is 13.0. The third kappa shape index (κ3) is 6.32. The lowest BCUT2D eigenvalue weighted by molar-refractivity contribution is -0.136. The second-order valence-corrected chi connectivity index (χ2v) is 8.99. The second kappa shape index (κ2) is 11.4. The maximum absolute atomic E-state index is 12.9. The fourth-order valence-corrected chi connectivity index (χ4v) is 3.91. The molecule has 2 aromatic rings. The molecule has 3 amide bonds. The van der Waals surface area contributed by atoms with Gasteiger partial charge in [-0.25, -0.2) is 4.79 Å². The fourth-order valence-electron chi connectivity index (χ4n) is 3.91. The van der Waals surface area contributed by atoms with Crippen molar-refractivity contribution < 1.29 is 24.0 Å². The summed E-state index contributed by atoms with van der Waals surface area (Å²) in [5, 5.41) is 24.7. The molecule has 34 heavy (non-hydrogen) atoms. The Kier molecular flexibility index (Phi) is 8.61. The molecule has 0 aliphatic carbocycles. The molecule has 0 aromatic carbocycles. The number of rotatable bonds is 5. The Bertz CT molecular complexity index is 955. The average Bonchev–Trinajstić information content (AvgIpc) is 3.40. The zero-order valence-electron chi connectivity index (χ0n) is 20.5. The van der Waals surface area contributed by atoms with Crippen LogP contribution >= 0.6 is 0 Å². The van der Waals surface area contributed by atoms with E-state index in [4.69, 9.17) is 9.26 Å². The number of nitrogens with zero attached hydrogens (tertiary/aromatic N) is 6. The van der Waals surface area contributed by atoms with E-state index >= 15 is 0 Å². The molecule has 0 fully saturated rings. The lowest BCUT2D eigenvalue weighted by Crippen LogP contribution is -2.48. The molecule has 2 bridgehead atoms. The molecule has 3 rings (SSSR count). The average molecular weight is 478 g/mol. The van der Waals surface area contributed by atoms with E-state index in [2.05, 4.69) is 20.8 Å². The Morgan fingerprint density at radius 2 is 2.18 bits per heavy atom. The molecule has 188 valence electrons. The number of aromatic nitrogens is 4. The predicted octanol–water partition coefficient (Wildman–Crippen LogP) is 1.57. The Morgan fingerprint density at radius 1 is 1.41 bits per heavy atom. The Balaban J connectivity index is 1.77. The molecule has 12 nitrogen and oxygen atoms in total. The topological polar surface area (TPSA) is 139 Å². The van der Waals surface area contributed by atoms with Crippen LogP contribution in [-0.2, 0) is 22.7 Å². The van der Waals surface area contributed by atoms with E-state index in [-0.39, 0.29) is 43.7 Å². The number of carbonyl (C=O) groups is 2. The largest absolute Gasteiger partial charge is 0.394 e. The lowest BCUT2D eigenvalue weighted by Gasteiger charge is -2.35. The molecule has 0 spiro atoms. The van der Waals surface area contributed by atoms with Gasteiger partial charge in [-0.15, -0.1) is 5.10 Å². The van der Waals surface area contributed by atoms with Crippen LogP contribution in [0.15, 0.2) is 10.7 Å². The third-order valence-corrected chi connectivity index (χ3v) is 6.11. The van der Waals surface area contributed by atoms with Gasteiger partial charge in [0.05, 0.1) is 31.6 Å². The van der Waals surface area contributed by atoms with Crippen molar-refractivity contribution in [2.75, 3.05) is 32.1 Å². The van der Waals surface area contributed by atoms with Crippen LogP contribution in [0.25, 0.3) is 0 Å². The summed E-state index contributed by atoms with van der Waals surface area (Å²) in [4.78, 5) is 29.0. The van der Waals surface area contributed by atoms with Gasteiger partial charge in [0.25, 0.3) is 0 Å². The molecule has 2 aromatic heterocycles. The van der Waals surface area contributed by atoms with Crippen molar-refractivity contribution in [1.82, 2.24) is 30.0 Å². The minimum absolute atomic E-state index is 0.0313. The highest BCUT2D eigenvalue weighted by molar-refractivity contribution is 5.90. The number of amides is 3. The van der Waals surface area contributed by atoms with Crippen LogP contribution in [0.4, 0.5) is 10.5 Å². The van der Waals surface area contributed by atoms with Crippen LogP contribution in [0.5, 0.6) is 0 Å². The second-order valence-electron chi connectivity index (χ2n) is 8.99. The summed E-state index contributed by atoms with van der Waals surface area (Å²) in [7, 11) is 1.68. The molecule has 12 heteroatoms. The molecular weight excluding hydrogens is 442 g/mol. The molecular formula is C22H35N7O5. The summed E-state index contributed by atoms with van der Waals surface area (Å²) in [6.45, 7) is 8.65. The van der Waals surface area contributed by atoms with Crippen LogP contribution in [0, 0.1) is 19.8 Å². The van der Waals surface area contributed by atoms with E-state index in [0.29, 0.717) is 48.8 Å². The van der Waals surface area contributed by atoms with E-state index in [9.17, 15) is 14.7 Å². The van der Waals surface area contributed by atoms with Crippen molar-refractivity contribution in [2.45, 2.75) is 65.8 Å². The first kappa shape index (κ1) is 25.6. The van der Waals surface area contributed by atoms with Crippen molar-refractivity contribution in [3.8, 4) is 0 Å². The molecule has 3 atom stereocenters. The van der Waals surface area contributed by atoms with Gasteiger partial charge in [0.1, 0.15) is 17.1 Å². The highest BCUT2D eigenvalue weighted by atomic mass is 16.5. The van der Waals surface area contributed by atoms with Gasteiger partial charge in [0.2, 0.25) is 5.91 Å². The number of aryl methyl sites for hydroxylation is 3. The zero-order valence-corrected chi connectivity index (χ0v) is 20.5. The van der Waals surface area contributed by atoms with E-state index in [1.54, 1.807) is 30.5 Å². The third-order valence-electron chi connectivity index (χ3n) is 6.11. The highest BCUT2D eigenvalue weighted by Gasteiger charge is 2.29. The van der Waals surface area contributed by atoms with Gasteiger partial charge in [0, 0.05) is 39.0 Å². The maximum atomic E-state index is 12.9. The molecule has 3 heterocycles. The molecule has 2 N–H and O–H groups in total. The summed E-state index contributed by atoms with van der Waals surface area (Å²) in [6, 6.07) is -0.644. The first-order valence-corrected chi connectivity index (χ1v) is 11.6. The minimum Gasteiger partial charge on any atom is -0.394 e. The summed E-state index contributed by atoms with van der Waals surface area (Å²) in [5.74, 6) is 0.375. The number of fused-ring (bicyclic) bond motifs is 2. The molecule has 0 radical (unpaired) electrons. The smallest absolute Gasteiger partial charge is 0.321 e. The van der Waals surface area contributed by atoms with Gasteiger partial charge in [-0.2, -0.15) is 0 Å². The number of hydrogen-bond donors (Lipinski definition) is 2. The predicted molar refractivity (Wildman–Crippen MR) is 123 cm³/mol. The van der Waals surface area contributed by atoms with Crippen molar-refractivity contribution in [2.24, 2.45) is 5.92 Å². The lowest BCUT2D eigenvalue weighted by atomic mass is 10.0. The number of aliphatic hydroxyl groups excluding tert-OH is 1. The van der Waals surface area contributed by atoms with Gasteiger partial charge in [-0.3, -0.25) is 9.48 Å². The summed E-state index contributed by atoms with van der Waals surface area (Å²) in [5.41, 5.74) is 1.83. The number of anilines is 1. The Labute approximate surface area is 199 Å². The quantitative estimate of drug-likeness (QED) is 0.662. The number of nitrogens with one attached hydrogen (secondary N) is 1. The van der Waals surface area contributed by atoms with E-state index in [1.807, 2.05) is 20.0 Å². The van der Waals surface area contributed by atoms with Crippen LogP contribution in [0.1, 0.15) is 43.8 Å². The van der Waals surface area contributed by atoms with Crippen LogP contribution < -0.4 is 5.32 Å². The van der Waals surface area contributed by atoms with E-state index < -0.39 is 6.10 Å². The number of hydrogen-bond acceptors (Lipinski definition) is 8. The number of likely N-dealkylation sites (N-methyl/N-ethyl adjacent to an activating group) is 1. The Morgan fingerprint density at radius 3 is 2.85 bits per heavy atom. The van der Waals surface area contributed by atoms with Gasteiger partial charge < -0.3 is 29.5 Å². The van der Waals surface area contributed by atoms with Crippen LogP contribution in [0.3, 0.4) is 0 Å². The van der Waals surface area contributed by atoms with Crippen molar-refractivity contribution in [1.29, 1.82) is 0 Å². The van der Waals surface area contributed by atoms with E-state index in [1.165, 1.54) is 4.90 Å². The standard InChI is InChI=1S/C22H35N7O5/c1-14-9-29(15(2)12-30)20(31)7-6-8-28-10-18(24-26-28)13-33-19(14)11-27(5)22(32)23-21-16(3)25-34-17(21)4/h10,14-15,19,30H,6-9,11-13H2,1-5H3,(H,23,32)/t14-,15+,19-/m1/s1.